The number of fused-ring (bicyclic) bond motifs is 1. The normalized spacial score (nSPS) is 9.88. The molecule has 0 fully saturated rings. The maximum absolute atomic E-state index is 13.6. The van der Waals surface area contributed by atoms with Crippen LogP contribution in [0.2, 0.25) is 0 Å². The Morgan fingerprint density at radius 1 is 1.35 bits per heavy atom. The smallest absolute Gasteiger partial charge is 0.168 e. The van der Waals surface area contributed by atoms with Crippen molar-refractivity contribution >= 4 is 10.8 Å². The van der Waals surface area contributed by atoms with Gasteiger partial charge in [-0.2, -0.15) is 5.26 Å². The Kier molecular flexibility index (Phi) is 2.72. The van der Waals surface area contributed by atoms with E-state index in [1.165, 1.54) is 12.4 Å². The Morgan fingerprint density at radius 2 is 2.12 bits per heavy atom. The summed E-state index contributed by atoms with van der Waals surface area (Å²) < 4.78 is 26.8. The third-order valence-electron chi connectivity index (χ3n) is 2.44. The third kappa shape index (κ3) is 1.70. The van der Waals surface area contributed by atoms with Gasteiger partial charge in [-0.25, -0.2) is 8.78 Å². The van der Waals surface area contributed by atoms with Gasteiger partial charge in [0.1, 0.15) is 0 Å². The van der Waals surface area contributed by atoms with E-state index in [0.29, 0.717) is 10.9 Å². The first-order valence-electron chi connectivity index (χ1n) is 4.77. The van der Waals surface area contributed by atoms with E-state index in [9.17, 15) is 8.78 Å². The molecule has 0 radical (unpaired) electrons. The fourth-order valence-corrected chi connectivity index (χ4v) is 1.71. The molecule has 4 heteroatoms. The topological polar surface area (TPSA) is 36.7 Å². The molecular formula is C13H6F2N2. The summed E-state index contributed by atoms with van der Waals surface area (Å²) in [5, 5.41) is 9.05. The number of rotatable bonds is 1. The molecule has 0 aliphatic rings. The highest BCUT2D eigenvalue weighted by molar-refractivity contribution is 5.91. The number of halogens is 2. The van der Waals surface area contributed by atoms with E-state index in [4.69, 9.17) is 11.7 Å². The molecule has 2 rings (SSSR count). The fraction of sp³-hybridized carbons (Fsp3) is 0.0769. The minimum absolute atomic E-state index is 0.00528. The minimum Gasteiger partial charge on any atom is -0.264 e. The lowest BCUT2D eigenvalue weighted by molar-refractivity contribution is 0.516. The Balaban J connectivity index is 2.95. The number of pyridine rings is 1. The molecule has 0 saturated carbocycles. The van der Waals surface area contributed by atoms with Crippen LogP contribution in [-0.2, 0) is 6.42 Å². The molecule has 0 aliphatic heterocycles. The summed E-state index contributed by atoms with van der Waals surface area (Å²) in [4.78, 5) is 3.78. The minimum atomic E-state index is -1.01. The van der Waals surface area contributed by atoms with Crippen molar-refractivity contribution in [2.75, 3.05) is 0 Å². The van der Waals surface area contributed by atoms with Crippen LogP contribution in [0.4, 0.5) is 8.78 Å². The Morgan fingerprint density at radius 3 is 2.76 bits per heavy atom. The number of hydrogen-bond donors (Lipinski definition) is 0. The van der Waals surface area contributed by atoms with Gasteiger partial charge in [-0.05, 0) is 11.6 Å². The van der Waals surface area contributed by atoms with Crippen LogP contribution in [0.1, 0.15) is 11.1 Å². The molecule has 1 aromatic heterocycles. The van der Waals surface area contributed by atoms with Crippen LogP contribution in [0.15, 0.2) is 18.5 Å². The monoisotopic (exact) mass is 228 g/mol. The van der Waals surface area contributed by atoms with E-state index < -0.39 is 11.6 Å². The van der Waals surface area contributed by atoms with Gasteiger partial charge in [0.15, 0.2) is 11.6 Å². The van der Waals surface area contributed by atoms with Crippen molar-refractivity contribution in [2.45, 2.75) is 6.42 Å². The molecule has 0 saturated heterocycles. The second kappa shape index (κ2) is 4.19. The predicted octanol–water partition coefficient (Wildman–Crippen LogP) is 2.56. The molecule has 17 heavy (non-hydrogen) atoms. The van der Waals surface area contributed by atoms with Crippen molar-refractivity contribution < 1.29 is 8.78 Å². The molecule has 2 nitrogen and oxygen atoms in total. The summed E-state index contributed by atoms with van der Waals surface area (Å²) in [6.07, 6.45) is 7.94. The van der Waals surface area contributed by atoms with E-state index in [1.807, 2.05) is 6.07 Å². The summed E-state index contributed by atoms with van der Waals surface area (Å²) in [6, 6.07) is 2.89. The molecule has 2 aromatic rings. The molecule has 0 aliphatic carbocycles. The first-order chi connectivity index (χ1) is 8.19. The summed E-state index contributed by atoms with van der Waals surface area (Å²) >= 11 is 0. The highest BCUT2D eigenvalue weighted by Gasteiger charge is 2.14. The Bertz CT molecular complexity index is 678. The van der Waals surface area contributed by atoms with Gasteiger partial charge in [0.2, 0.25) is 0 Å². The van der Waals surface area contributed by atoms with Crippen molar-refractivity contribution in [1.82, 2.24) is 4.98 Å². The zero-order chi connectivity index (χ0) is 12.4. The number of nitriles is 1. The third-order valence-corrected chi connectivity index (χ3v) is 2.44. The quantitative estimate of drug-likeness (QED) is 0.703. The van der Waals surface area contributed by atoms with Crippen molar-refractivity contribution in [1.29, 1.82) is 5.26 Å². The molecule has 82 valence electrons. The summed E-state index contributed by atoms with van der Waals surface area (Å²) in [5.41, 5.74) is 0.725. The van der Waals surface area contributed by atoms with Gasteiger partial charge < -0.3 is 0 Å². The average Bonchev–Trinajstić information content (AvgIpc) is 2.34. The van der Waals surface area contributed by atoms with E-state index >= 15 is 0 Å². The van der Waals surface area contributed by atoms with Gasteiger partial charge in [-0.15, -0.1) is 6.42 Å². The number of hydrogen-bond acceptors (Lipinski definition) is 2. The molecule has 0 amide bonds. The summed E-state index contributed by atoms with van der Waals surface area (Å²) in [6.45, 7) is 0. The van der Waals surface area contributed by atoms with E-state index in [0.717, 1.165) is 6.07 Å². The number of benzene rings is 1. The van der Waals surface area contributed by atoms with E-state index in [1.54, 1.807) is 0 Å². The standard InChI is InChI=1S/C13H6F2N2/c1-2-8-5-11(14)13(15)10-7-17-6-9(3-4-16)12(8)10/h1,5-7H,3H2. The Hall–Kier alpha value is -2.46. The second-order valence-corrected chi connectivity index (χ2v) is 3.42. The zero-order valence-corrected chi connectivity index (χ0v) is 8.67. The lowest BCUT2D eigenvalue weighted by atomic mass is 10.00. The lowest BCUT2D eigenvalue weighted by Gasteiger charge is -2.07. The lowest BCUT2D eigenvalue weighted by Crippen LogP contribution is -1.96. The van der Waals surface area contributed by atoms with Crippen molar-refractivity contribution in [3.8, 4) is 18.4 Å². The van der Waals surface area contributed by atoms with Crippen LogP contribution in [-0.4, -0.2) is 4.98 Å². The maximum Gasteiger partial charge on any atom is 0.168 e. The molecule has 1 heterocycles. The second-order valence-electron chi connectivity index (χ2n) is 3.42. The van der Waals surface area contributed by atoms with Crippen LogP contribution in [0, 0.1) is 35.3 Å². The number of nitrogens with zero attached hydrogens (tertiary/aromatic N) is 2. The molecule has 0 N–H and O–H groups in total. The summed E-state index contributed by atoms with van der Waals surface area (Å²) in [5.74, 6) is 0.286. The van der Waals surface area contributed by atoms with Gasteiger partial charge in [-0.3, -0.25) is 4.98 Å². The van der Waals surface area contributed by atoms with Crippen molar-refractivity contribution in [3.63, 3.8) is 0 Å². The van der Waals surface area contributed by atoms with Gasteiger partial charge in [0, 0.05) is 28.7 Å². The van der Waals surface area contributed by atoms with Gasteiger partial charge in [-0.1, -0.05) is 5.92 Å². The first-order valence-corrected chi connectivity index (χ1v) is 4.77. The van der Waals surface area contributed by atoms with Crippen LogP contribution in [0.5, 0.6) is 0 Å². The molecular weight excluding hydrogens is 222 g/mol. The maximum atomic E-state index is 13.6. The van der Waals surface area contributed by atoms with Crippen molar-refractivity contribution in [2.24, 2.45) is 0 Å². The molecule has 0 spiro atoms. The fourth-order valence-electron chi connectivity index (χ4n) is 1.71. The molecule has 0 bridgehead atoms. The Labute approximate surface area is 96.5 Å². The molecule has 1 aromatic carbocycles. The SMILES string of the molecule is C#Cc1cc(F)c(F)c2cncc(CC#N)c12. The van der Waals surface area contributed by atoms with Crippen LogP contribution in [0.3, 0.4) is 0 Å². The first kappa shape index (κ1) is 11.0. The van der Waals surface area contributed by atoms with Crippen LogP contribution >= 0.6 is 0 Å². The van der Waals surface area contributed by atoms with Gasteiger partial charge >= 0.3 is 0 Å². The van der Waals surface area contributed by atoms with Crippen molar-refractivity contribution in [3.05, 3.63) is 41.2 Å². The van der Waals surface area contributed by atoms with Crippen LogP contribution in [0.25, 0.3) is 10.8 Å². The van der Waals surface area contributed by atoms with Gasteiger partial charge in [0.05, 0.1) is 12.5 Å². The van der Waals surface area contributed by atoms with E-state index in [-0.39, 0.29) is 17.4 Å². The zero-order valence-electron chi connectivity index (χ0n) is 8.67. The summed E-state index contributed by atoms with van der Waals surface area (Å²) in [7, 11) is 0. The molecule has 0 unspecified atom stereocenters. The highest BCUT2D eigenvalue weighted by atomic mass is 19.2. The molecule has 0 atom stereocenters. The van der Waals surface area contributed by atoms with Crippen LogP contribution < -0.4 is 0 Å². The number of terminal acetylenes is 1. The van der Waals surface area contributed by atoms with Gasteiger partial charge in [0.25, 0.3) is 0 Å². The van der Waals surface area contributed by atoms with E-state index in [2.05, 4.69) is 10.9 Å². The average molecular weight is 228 g/mol. The predicted molar refractivity (Wildman–Crippen MR) is 58.9 cm³/mol. The largest absolute Gasteiger partial charge is 0.264 e. The highest BCUT2D eigenvalue weighted by Crippen LogP contribution is 2.26. The number of aromatic nitrogens is 1.